The number of hydrogen-bond donors (Lipinski definition) is 1. The molecule has 1 fully saturated rings. The molecule has 1 heterocycles. The van der Waals surface area contributed by atoms with E-state index in [1.54, 1.807) is 0 Å². The summed E-state index contributed by atoms with van der Waals surface area (Å²) in [6.07, 6.45) is 2.42. The first-order valence-electron chi connectivity index (χ1n) is 12.7. The van der Waals surface area contributed by atoms with Gasteiger partial charge in [0.1, 0.15) is 18.5 Å². The van der Waals surface area contributed by atoms with E-state index in [0.717, 1.165) is 42.6 Å². The summed E-state index contributed by atoms with van der Waals surface area (Å²) in [6.45, 7) is 3.52. The molecule has 0 aromatic heterocycles. The molecule has 3 aromatic rings. The molecule has 4 rings (SSSR count). The van der Waals surface area contributed by atoms with Crippen LogP contribution in [0.5, 0.6) is 5.75 Å². The molecule has 36 heavy (non-hydrogen) atoms. The van der Waals surface area contributed by atoms with Gasteiger partial charge < -0.3 is 19.7 Å². The van der Waals surface area contributed by atoms with E-state index in [-0.39, 0.29) is 37.2 Å². The molecule has 2 amide bonds. The number of ether oxygens (including phenoxy) is 2. The molecule has 1 aliphatic heterocycles. The van der Waals surface area contributed by atoms with Crippen molar-refractivity contribution in [2.24, 2.45) is 0 Å². The summed E-state index contributed by atoms with van der Waals surface area (Å²) in [5, 5.41) is 3.09. The predicted molar refractivity (Wildman–Crippen MR) is 140 cm³/mol. The van der Waals surface area contributed by atoms with Gasteiger partial charge in [0.2, 0.25) is 5.91 Å². The second-order valence-electron chi connectivity index (χ2n) is 8.96. The third-order valence-electron chi connectivity index (χ3n) is 6.43. The van der Waals surface area contributed by atoms with Crippen molar-refractivity contribution in [3.63, 3.8) is 0 Å². The Morgan fingerprint density at radius 2 is 1.42 bits per heavy atom. The van der Waals surface area contributed by atoms with E-state index in [1.165, 1.54) is 0 Å². The Labute approximate surface area is 213 Å². The molecule has 1 N–H and O–H groups in total. The van der Waals surface area contributed by atoms with Gasteiger partial charge >= 0.3 is 0 Å². The minimum Gasteiger partial charge on any atom is -0.483 e. The van der Waals surface area contributed by atoms with Crippen molar-refractivity contribution in [1.29, 1.82) is 0 Å². The maximum Gasteiger partial charge on any atom is 0.260 e. The summed E-state index contributed by atoms with van der Waals surface area (Å²) in [6, 6.07) is 27.1. The highest BCUT2D eigenvalue weighted by atomic mass is 16.5. The van der Waals surface area contributed by atoms with E-state index in [0.29, 0.717) is 12.2 Å². The lowest BCUT2D eigenvalue weighted by atomic mass is 10.0. The van der Waals surface area contributed by atoms with Crippen LogP contribution in [-0.4, -0.2) is 43.0 Å². The second-order valence-corrected chi connectivity index (χ2v) is 8.96. The first-order chi connectivity index (χ1) is 17.7. The van der Waals surface area contributed by atoms with Gasteiger partial charge in [-0.2, -0.15) is 0 Å². The van der Waals surface area contributed by atoms with Gasteiger partial charge in [0.05, 0.1) is 6.04 Å². The third-order valence-corrected chi connectivity index (χ3v) is 6.43. The van der Waals surface area contributed by atoms with Crippen LogP contribution in [-0.2, 0) is 14.3 Å². The molecule has 0 spiro atoms. The Hall–Kier alpha value is -3.64. The van der Waals surface area contributed by atoms with Gasteiger partial charge in [0.15, 0.2) is 6.61 Å². The van der Waals surface area contributed by atoms with E-state index in [2.05, 4.69) is 5.32 Å². The fourth-order valence-corrected chi connectivity index (χ4v) is 4.53. The number of hydrogen-bond acceptors (Lipinski definition) is 4. The third kappa shape index (κ3) is 6.73. The van der Waals surface area contributed by atoms with Gasteiger partial charge in [-0.3, -0.25) is 9.59 Å². The lowest BCUT2D eigenvalue weighted by Crippen LogP contribution is -2.33. The van der Waals surface area contributed by atoms with Crippen LogP contribution in [0.25, 0.3) is 0 Å². The second kappa shape index (κ2) is 12.9. The van der Waals surface area contributed by atoms with Crippen LogP contribution in [0, 0.1) is 0 Å². The van der Waals surface area contributed by atoms with Gasteiger partial charge in [-0.1, -0.05) is 85.8 Å². The topological polar surface area (TPSA) is 67.9 Å². The Morgan fingerprint density at radius 3 is 2.03 bits per heavy atom. The molecule has 6 nitrogen and oxygen atoms in total. The Kier molecular flexibility index (Phi) is 9.11. The summed E-state index contributed by atoms with van der Waals surface area (Å²) >= 11 is 0. The van der Waals surface area contributed by atoms with Crippen LogP contribution in [0.15, 0.2) is 84.9 Å². The van der Waals surface area contributed by atoms with Crippen molar-refractivity contribution in [2.75, 3.05) is 26.3 Å². The average molecular weight is 487 g/mol. The summed E-state index contributed by atoms with van der Waals surface area (Å²) in [5.41, 5.74) is 2.83. The number of rotatable bonds is 11. The molecule has 188 valence electrons. The molecule has 1 unspecified atom stereocenters. The lowest BCUT2D eigenvalue weighted by molar-refractivity contribution is -0.132. The molecule has 0 radical (unpaired) electrons. The Balaban J connectivity index is 1.39. The molecular weight excluding hydrogens is 452 g/mol. The first-order valence-corrected chi connectivity index (χ1v) is 12.7. The summed E-state index contributed by atoms with van der Waals surface area (Å²) in [7, 11) is 0. The van der Waals surface area contributed by atoms with Crippen LogP contribution in [0.2, 0.25) is 0 Å². The average Bonchev–Trinajstić information content (AvgIpc) is 3.47. The molecule has 1 aliphatic rings. The minimum absolute atomic E-state index is 0.000334. The van der Waals surface area contributed by atoms with Crippen LogP contribution in [0.1, 0.15) is 55.0 Å². The fourth-order valence-electron chi connectivity index (χ4n) is 4.53. The van der Waals surface area contributed by atoms with E-state index in [4.69, 9.17) is 9.47 Å². The number of benzene rings is 3. The van der Waals surface area contributed by atoms with Crippen LogP contribution in [0.4, 0.5) is 0 Å². The van der Waals surface area contributed by atoms with Crippen molar-refractivity contribution in [3.05, 3.63) is 102 Å². The van der Waals surface area contributed by atoms with Crippen LogP contribution < -0.4 is 10.1 Å². The van der Waals surface area contributed by atoms with Crippen molar-refractivity contribution in [1.82, 2.24) is 10.2 Å². The van der Waals surface area contributed by atoms with Gasteiger partial charge in [0, 0.05) is 18.7 Å². The fraction of sp³-hybridized carbons (Fsp3) is 0.333. The number of carbonyl (C=O) groups excluding carboxylic acids is 2. The zero-order chi connectivity index (χ0) is 25.2. The quantitative estimate of drug-likeness (QED) is 0.411. The van der Waals surface area contributed by atoms with E-state index >= 15 is 0 Å². The van der Waals surface area contributed by atoms with Crippen molar-refractivity contribution < 1.29 is 19.1 Å². The summed E-state index contributed by atoms with van der Waals surface area (Å²) < 4.78 is 12.0. The summed E-state index contributed by atoms with van der Waals surface area (Å²) in [5.74, 6) is 0.409. The largest absolute Gasteiger partial charge is 0.483 e. The molecule has 6 heteroatoms. The molecule has 3 aromatic carbocycles. The monoisotopic (exact) mass is 486 g/mol. The highest BCUT2D eigenvalue weighted by Crippen LogP contribution is 2.28. The number of carbonyl (C=O) groups is 2. The maximum atomic E-state index is 13.0. The molecule has 1 atom stereocenters. The van der Waals surface area contributed by atoms with Crippen molar-refractivity contribution in [2.45, 2.75) is 38.3 Å². The van der Waals surface area contributed by atoms with Crippen LogP contribution in [0.3, 0.4) is 0 Å². The molecule has 1 saturated heterocycles. The number of likely N-dealkylation sites (tertiary alicyclic amines) is 1. The van der Waals surface area contributed by atoms with Crippen LogP contribution >= 0.6 is 0 Å². The maximum absolute atomic E-state index is 13.0. The number of nitrogens with zero attached hydrogens (tertiary/aromatic N) is 1. The highest BCUT2D eigenvalue weighted by Gasteiger charge is 2.22. The van der Waals surface area contributed by atoms with E-state index < -0.39 is 0 Å². The predicted octanol–water partition coefficient (Wildman–Crippen LogP) is 5.06. The van der Waals surface area contributed by atoms with Gasteiger partial charge in [-0.05, 0) is 36.5 Å². The molecule has 0 bridgehead atoms. The molecule has 0 aliphatic carbocycles. The van der Waals surface area contributed by atoms with Gasteiger partial charge in [-0.15, -0.1) is 0 Å². The number of amides is 2. The normalized spacial score (nSPS) is 14.0. The van der Waals surface area contributed by atoms with Crippen molar-refractivity contribution >= 4 is 11.8 Å². The van der Waals surface area contributed by atoms with E-state index in [1.807, 2.05) is 96.8 Å². The lowest BCUT2D eigenvalue weighted by Gasteiger charge is -2.23. The zero-order valence-corrected chi connectivity index (χ0v) is 20.8. The van der Waals surface area contributed by atoms with Gasteiger partial charge in [-0.25, -0.2) is 0 Å². The highest BCUT2D eigenvalue weighted by molar-refractivity contribution is 5.78. The van der Waals surface area contributed by atoms with E-state index in [9.17, 15) is 9.59 Å². The molecular formula is C30H34N2O4. The SMILES string of the molecule is CCC(NC(=O)COC(c1ccccc1)c1ccccc1)c1ccccc1OCC(=O)N1CCCC1. The summed E-state index contributed by atoms with van der Waals surface area (Å²) in [4.78, 5) is 27.3. The first kappa shape index (κ1) is 25.5. The Morgan fingerprint density at radius 1 is 0.833 bits per heavy atom. The Bertz CT molecular complexity index is 1070. The standard InChI is InChI=1S/C30H34N2O4/c1-2-26(25-17-9-10-18-27(25)35-22-29(34)32-19-11-12-20-32)31-28(33)21-36-30(23-13-5-3-6-14-23)24-15-7-4-8-16-24/h3-10,13-18,26,30H,2,11-12,19-22H2,1H3,(H,31,33). The molecule has 0 saturated carbocycles. The zero-order valence-electron chi connectivity index (χ0n) is 20.8. The minimum atomic E-state index is -0.342. The van der Waals surface area contributed by atoms with Gasteiger partial charge in [0.25, 0.3) is 5.91 Å². The number of nitrogens with one attached hydrogen (secondary N) is 1. The van der Waals surface area contributed by atoms with Crippen molar-refractivity contribution in [3.8, 4) is 5.75 Å². The smallest absolute Gasteiger partial charge is 0.260 e. The number of para-hydroxylation sites is 1.